The average Bonchev–Trinajstić information content (AvgIpc) is 2.43. The van der Waals surface area contributed by atoms with Crippen molar-refractivity contribution in [3.63, 3.8) is 0 Å². The fraction of sp³-hybridized carbons (Fsp3) is 0.562. The van der Waals surface area contributed by atoms with Crippen LogP contribution in [0.2, 0.25) is 5.02 Å². The first kappa shape index (κ1) is 22.7. The maximum absolute atomic E-state index is 12.9. The van der Waals surface area contributed by atoms with Crippen molar-refractivity contribution < 1.29 is 26.4 Å². The Hall–Kier alpha value is -1.32. The van der Waals surface area contributed by atoms with E-state index in [9.17, 15) is 26.4 Å². The Morgan fingerprint density at radius 2 is 1.65 bits per heavy atom. The molecule has 0 saturated heterocycles. The van der Waals surface area contributed by atoms with Crippen molar-refractivity contribution in [1.29, 1.82) is 0 Å². The van der Waals surface area contributed by atoms with Gasteiger partial charge in [-0.2, -0.15) is 13.2 Å². The molecule has 0 bridgehead atoms. The monoisotopic (exact) mass is 414 g/mol. The summed E-state index contributed by atoms with van der Waals surface area (Å²) in [6, 6.07) is 3.41. The standard InChI is InChI=1S/C16H22ClF3N2O3S/c1-15(2,3)9-22(10-16(18,19)20)14(23)11-6-7-12(17)13(8-11)26(24,25)21(4)5/h6-8H,9-10H2,1-5H3. The number of rotatable bonds is 5. The van der Waals surface area contributed by atoms with Crippen LogP contribution in [-0.4, -0.2) is 56.9 Å². The Morgan fingerprint density at radius 1 is 1.12 bits per heavy atom. The molecule has 0 aliphatic carbocycles. The Balaban J connectivity index is 3.36. The van der Waals surface area contributed by atoms with Crippen LogP contribution in [0.5, 0.6) is 0 Å². The van der Waals surface area contributed by atoms with Gasteiger partial charge in [0.15, 0.2) is 0 Å². The summed E-state index contributed by atoms with van der Waals surface area (Å²) in [5, 5.41) is -0.117. The minimum absolute atomic E-state index is 0.117. The van der Waals surface area contributed by atoms with E-state index in [1.165, 1.54) is 26.2 Å². The van der Waals surface area contributed by atoms with Gasteiger partial charge in [0.2, 0.25) is 10.0 Å². The van der Waals surface area contributed by atoms with Crippen molar-refractivity contribution in [3.05, 3.63) is 28.8 Å². The summed E-state index contributed by atoms with van der Waals surface area (Å²) in [5.41, 5.74) is -0.755. The molecule has 148 valence electrons. The number of benzene rings is 1. The molecular weight excluding hydrogens is 393 g/mol. The first-order valence-electron chi connectivity index (χ1n) is 7.63. The lowest BCUT2D eigenvalue weighted by atomic mass is 9.95. The van der Waals surface area contributed by atoms with Gasteiger partial charge in [-0.1, -0.05) is 32.4 Å². The Kier molecular flexibility index (Phi) is 6.76. The SMILES string of the molecule is CN(C)S(=O)(=O)c1cc(C(=O)N(CC(C)(C)C)CC(F)(F)F)ccc1Cl. The first-order valence-corrected chi connectivity index (χ1v) is 9.44. The van der Waals surface area contributed by atoms with Gasteiger partial charge in [-0.25, -0.2) is 12.7 Å². The van der Waals surface area contributed by atoms with Gasteiger partial charge < -0.3 is 4.90 Å². The van der Waals surface area contributed by atoms with Crippen LogP contribution in [0.15, 0.2) is 23.1 Å². The van der Waals surface area contributed by atoms with Gasteiger partial charge >= 0.3 is 6.18 Å². The molecule has 0 atom stereocenters. The summed E-state index contributed by atoms with van der Waals surface area (Å²) >= 11 is 5.91. The summed E-state index contributed by atoms with van der Waals surface area (Å²) in [5.74, 6) is -0.913. The Morgan fingerprint density at radius 3 is 2.08 bits per heavy atom. The summed E-state index contributed by atoms with van der Waals surface area (Å²) < 4.78 is 64.1. The largest absolute Gasteiger partial charge is 0.406 e. The molecule has 1 rings (SSSR count). The van der Waals surface area contributed by atoms with Crippen LogP contribution in [0.1, 0.15) is 31.1 Å². The third-order valence-electron chi connectivity index (χ3n) is 3.26. The number of alkyl halides is 3. The molecule has 1 amide bonds. The van der Waals surface area contributed by atoms with Gasteiger partial charge in [-0.05, 0) is 23.6 Å². The van der Waals surface area contributed by atoms with Crippen LogP contribution in [0.4, 0.5) is 13.2 Å². The summed E-state index contributed by atoms with van der Waals surface area (Å²) in [7, 11) is -1.38. The summed E-state index contributed by atoms with van der Waals surface area (Å²) in [6.45, 7) is 3.53. The summed E-state index contributed by atoms with van der Waals surface area (Å²) in [6.07, 6.45) is -4.58. The number of nitrogens with zero attached hydrogens (tertiary/aromatic N) is 2. The molecule has 26 heavy (non-hydrogen) atoms. The predicted molar refractivity (Wildman–Crippen MR) is 93.7 cm³/mol. The topological polar surface area (TPSA) is 57.7 Å². The highest BCUT2D eigenvalue weighted by atomic mass is 35.5. The van der Waals surface area contributed by atoms with Crippen molar-refractivity contribution >= 4 is 27.5 Å². The lowest BCUT2D eigenvalue weighted by Crippen LogP contribution is -2.43. The number of carbonyl (C=O) groups excluding carboxylic acids is 1. The van der Waals surface area contributed by atoms with E-state index in [1.54, 1.807) is 20.8 Å². The lowest BCUT2D eigenvalue weighted by molar-refractivity contribution is -0.142. The zero-order chi connectivity index (χ0) is 20.5. The van der Waals surface area contributed by atoms with Crippen LogP contribution in [0.25, 0.3) is 0 Å². The van der Waals surface area contributed by atoms with Gasteiger partial charge in [0.05, 0.1) is 5.02 Å². The second-order valence-electron chi connectivity index (χ2n) is 7.27. The average molecular weight is 415 g/mol. The van der Waals surface area contributed by atoms with Crippen molar-refractivity contribution in [2.24, 2.45) is 5.41 Å². The van der Waals surface area contributed by atoms with Gasteiger partial charge in [0, 0.05) is 26.2 Å². The molecule has 0 N–H and O–H groups in total. The van der Waals surface area contributed by atoms with Crippen LogP contribution in [0, 0.1) is 5.41 Å². The molecule has 0 aromatic heterocycles. The van der Waals surface area contributed by atoms with Gasteiger partial charge in [-0.15, -0.1) is 0 Å². The Bertz CT molecular complexity index is 756. The number of hydrogen-bond acceptors (Lipinski definition) is 3. The van der Waals surface area contributed by atoms with E-state index in [2.05, 4.69) is 0 Å². The van der Waals surface area contributed by atoms with E-state index in [1.807, 2.05) is 0 Å². The third-order valence-corrected chi connectivity index (χ3v) is 5.56. The molecule has 0 saturated carbocycles. The zero-order valence-corrected chi connectivity index (χ0v) is 16.8. The molecule has 0 fully saturated rings. The number of amides is 1. The van der Waals surface area contributed by atoms with Gasteiger partial charge in [0.1, 0.15) is 11.4 Å². The second-order valence-corrected chi connectivity index (χ2v) is 9.80. The molecule has 10 heteroatoms. The van der Waals surface area contributed by atoms with Crippen molar-refractivity contribution in [3.8, 4) is 0 Å². The molecule has 0 radical (unpaired) electrons. The normalized spacial score (nSPS) is 13.2. The van der Waals surface area contributed by atoms with Crippen molar-refractivity contribution in [1.82, 2.24) is 9.21 Å². The van der Waals surface area contributed by atoms with Crippen molar-refractivity contribution in [2.75, 3.05) is 27.2 Å². The predicted octanol–water partition coefficient (Wildman–Crippen LogP) is 3.64. The minimum Gasteiger partial charge on any atom is -0.329 e. The molecule has 1 aromatic rings. The molecule has 0 spiro atoms. The molecule has 1 aromatic carbocycles. The maximum atomic E-state index is 12.9. The molecule has 0 heterocycles. The van der Waals surface area contributed by atoms with E-state index in [0.717, 1.165) is 10.4 Å². The second kappa shape index (κ2) is 7.74. The molecule has 5 nitrogen and oxygen atoms in total. The van der Waals surface area contributed by atoms with Crippen molar-refractivity contribution in [2.45, 2.75) is 31.8 Å². The maximum Gasteiger partial charge on any atom is 0.406 e. The number of halogens is 4. The van der Waals surface area contributed by atoms with Gasteiger partial charge in [-0.3, -0.25) is 4.79 Å². The lowest BCUT2D eigenvalue weighted by Gasteiger charge is -2.31. The van der Waals surface area contributed by atoms with Crippen LogP contribution < -0.4 is 0 Å². The fourth-order valence-electron chi connectivity index (χ4n) is 2.20. The molecule has 0 aliphatic heterocycles. The van der Waals surface area contributed by atoms with Crippen LogP contribution in [-0.2, 0) is 10.0 Å². The van der Waals surface area contributed by atoms with Crippen LogP contribution >= 0.6 is 11.6 Å². The quantitative estimate of drug-likeness (QED) is 0.739. The van der Waals surface area contributed by atoms with E-state index in [0.29, 0.717) is 4.90 Å². The fourth-order valence-corrected chi connectivity index (χ4v) is 3.60. The summed E-state index contributed by atoms with van der Waals surface area (Å²) in [4.78, 5) is 13.0. The van der Waals surface area contributed by atoms with E-state index in [4.69, 9.17) is 11.6 Å². The van der Waals surface area contributed by atoms with E-state index < -0.39 is 34.1 Å². The minimum atomic E-state index is -4.58. The highest BCUT2D eigenvalue weighted by Crippen LogP contribution is 2.27. The molecule has 0 unspecified atom stereocenters. The highest BCUT2D eigenvalue weighted by Gasteiger charge is 2.35. The smallest absolute Gasteiger partial charge is 0.329 e. The molecular formula is C16H22ClF3N2O3S. The third kappa shape index (κ3) is 6.14. The number of hydrogen-bond donors (Lipinski definition) is 0. The zero-order valence-electron chi connectivity index (χ0n) is 15.2. The van der Waals surface area contributed by atoms with E-state index in [-0.39, 0.29) is 22.0 Å². The first-order chi connectivity index (χ1) is 11.5. The van der Waals surface area contributed by atoms with Crippen LogP contribution in [0.3, 0.4) is 0 Å². The number of sulfonamides is 1. The highest BCUT2D eigenvalue weighted by molar-refractivity contribution is 7.89. The Labute approximate surface area is 156 Å². The molecule has 0 aliphatic rings. The van der Waals surface area contributed by atoms with Gasteiger partial charge in [0.25, 0.3) is 5.91 Å². The van der Waals surface area contributed by atoms with E-state index >= 15 is 0 Å². The number of carbonyl (C=O) groups is 1.